The molecule has 0 atom stereocenters. The van der Waals surface area contributed by atoms with Crippen LogP contribution in [0.15, 0.2) is 22.7 Å². The van der Waals surface area contributed by atoms with E-state index in [4.69, 9.17) is 5.73 Å². The monoisotopic (exact) mass is 266 g/mol. The van der Waals surface area contributed by atoms with Crippen LogP contribution in [-0.4, -0.2) is 16.2 Å². The molecule has 0 spiro atoms. The third-order valence-electron chi connectivity index (χ3n) is 2.31. The molecule has 0 radical (unpaired) electrons. The number of nitrogen functional groups attached to an aromatic ring is 1. The predicted octanol–water partition coefficient (Wildman–Crippen LogP) is 2.76. The first-order valence-electron chi connectivity index (χ1n) is 5.14. The number of aryl methyl sites for hydroxylation is 1. The van der Waals surface area contributed by atoms with Crippen molar-refractivity contribution in [2.24, 2.45) is 0 Å². The van der Waals surface area contributed by atoms with E-state index in [-0.39, 0.29) is 0 Å². The number of thiophene rings is 1. The summed E-state index contributed by atoms with van der Waals surface area (Å²) in [5, 5.41) is 6.05. The van der Waals surface area contributed by atoms with Gasteiger partial charge in [0.1, 0.15) is 11.6 Å². The van der Waals surface area contributed by atoms with Gasteiger partial charge < -0.3 is 11.1 Å². The van der Waals surface area contributed by atoms with Crippen molar-refractivity contribution in [3.05, 3.63) is 28.0 Å². The van der Waals surface area contributed by atoms with Crippen molar-refractivity contribution >= 4 is 34.7 Å². The minimum absolute atomic E-state index is 0.495. The molecule has 0 aliphatic heterocycles. The number of rotatable bonds is 4. The Kier molecular flexibility index (Phi) is 3.86. The van der Waals surface area contributed by atoms with Crippen LogP contribution in [0.5, 0.6) is 0 Å². The smallest absolute Gasteiger partial charge is 0.191 e. The topological polar surface area (TPSA) is 63.8 Å². The molecule has 6 heteroatoms. The van der Waals surface area contributed by atoms with Crippen molar-refractivity contribution in [2.45, 2.75) is 18.6 Å². The van der Waals surface area contributed by atoms with Crippen molar-refractivity contribution in [2.75, 3.05) is 17.3 Å². The molecule has 3 N–H and O–H groups in total. The summed E-state index contributed by atoms with van der Waals surface area (Å²) in [6, 6.07) is 3.87. The first kappa shape index (κ1) is 12.2. The second-order valence-electron chi connectivity index (χ2n) is 3.55. The Morgan fingerprint density at radius 2 is 2.29 bits per heavy atom. The van der Waals surface area contributed by atoms with Crippen LogP contribution in [0.3, 0.4) is 0 Å². The van der Waals surface area contributed by atoms with Gasteiger partial charge in [0.15, 0.2) is 5.16 Å². The second-order valence-corrected chi connectivity index (χ2v) is 5.32. The third-order valence-corrected chi connectivity index (χ3v) is 3.88. The summed E-state index contributed by atoms with van der Waals surface area (Å²) < 4.78 is 0. The van der Waals surface area contributed by atoms with Gasteiger partial charge >= 0.3 is 0 Å². The van der Waals surface area contributed by atoms with E-state index in [0.717, 1.165) is 12.4 Å². The maximum Gasteiger partial charge on any atom is 0.191 e. The van der Waals surface area contributed by atoms with Crippen molar-refractivity contribution in [1.29, 1.82) is 0 Å². The standard InChI is InChI=1S/C11H14N4S2/c1-7-3-4-17-8(7)6-13-10-5-9(12)14-11(15-10)16-2/h3-5H,6H2,1-2H3,(H3,12,13,14,15). The van der Waals surface area contributed by atoms with Crippen molar-refractivity contribution in [3.63, 3.8) is 0 Å². The fourth-order valence-corrected chi connectivity index (χ4v) is 2.61. The Labute approximate surface area is 109 Å². The summed E-state index contributed by atoms with van der Waals surface area (Å²) in [7, 11) is 0. The van der Waals surface area contributed by atoms with Gasteiger partial charge in [-0.2, -0.15) is 0 Å². The van der Waals surface area contributed by atoms with Gasteiger partial charge in [-0.1, -0.05) is 11.8 Å². The van der Waals surface area contributed by atoms with Gasteiger partial charge in [-0.25, -0.2) is 9.97 Å². The maximum absolute atomic E-state index is 5.71. The lowest BCUT2D eigenvalue weighted by Crippen LogP contribution is -2.04. The van der Waals surface area contributed by atoms with Gasteiger partial charge in [0.05, 0.1) is 6.54 Å². The van der Waals surface area contributed by atoms with Gasteiger partial charge in [0.2, 0.25) is 0 Å². The minimum atomic E-state index is 0.495. The highest BCUT2D eigenvalue weighted by atomic mass is 32.2. The van der Waals surface area contributed by atoms with Crippen LogP contribution in [0.25, 0.3) is 0 Å². The van der Waals surface area contributed by atoms with E-state index in [0.29, 0.717) is 11.0 Å². The molecule has 0 aliphatic rings. The van der Waals surface area contributed by atoms with Crippen LogP contribution in [0, 0.1) is 6.92 Å². The van der Waals surface area contributed by atoms with E-state index in [1.807, 2.05) is 6.26 Å². The van der Waals surface area contributed by atoms with E-state index in [1.165, 1.54) is 22.2 Å². The van der Waals surface area contributed by atoms with Crippen LogP contribution in [0.1, 0.15) is 10.4 Å². The number of thioether (sulfide) groups is 1. The summed E-state index contributed by atoms with van der Waals surface area (Å²) in [5.41, 5.74) is 7.01. The van der Waals surface area contributed by atoms with Gasteiger partial charge in [0.25, 0.3) is 0 Å². The zero-order valence-corrected chi connectivity index (χ0v) is 11.4. The van der Waals surface area contributed by atoms with E-state index in [9.17, 15) is 0 Å². The molecule has 0 amide bonds. The number of aromatic nitrogens is 2. The normalized spacial score (nSPS) is 10.5. The molecule has 0 saturated carbocycles. The number of hydrogen-bond acceptors (Lipinski definition) is 6. The molecule has 0 aliphatic carbocycles. The van der Waals surface area contributed by atoms with Crippen LogP contribution < -0.4 is 11.1 Å². The molecule has 0 aromatic carbocycles. The first-order valence-corrected chi connectivity index (χ1v) is 7.25. The number of nitrogens with one attached hydrogen (secondary N) is 1. The molecule has 2 heterocycles. The van der Waals surface area contributed by atoms with E-state index in [1.54, 1.807) is 17.4 Å². The predicted molar refractivity (Wildman–Crippen MR) is 74.6 cm³/mol. The number of nitrogens with two attached hydrogens (primary N) is 1. The lowest BCUT2D eigenvalue weighted by molar-refractivity contribution is 0.965. The van der Waals surface area contributed by atoms with E-state index >= 15 is 0 Å². The van der Waals surface area contributed by atoms with Gasteiger partial charge in [-0.05, 0) is 30.2 Å². The molecule has 0 saturated heterocycles. The molecular formula is C11H14N4S2. The highest BCUT2D eigenvalue weighted by molar-refractivity contribution is 7.98. The molecule has 2 aromatic rings. The van der Waals surface area contributed by atoms with Gasteiger partial charge in [-0.15, -0.1) is 11.3 Å². The number of hydrogen-bond donors (Lipinski definition) is 2. The molecule has 0 bridgehead atoms. The fourth-order valence-electron chi connectivity index (χ4n) is 1.38. The summed E-state index contributed by atoms with van der Waals surface area (Å²) >= 11 is 3.22. The molecular weight excluding hydrogens is 252 g/mol. The van der Waals surface area contributed by atoms with Crippen LogP contribution in [-0.2, 0) is 6.54 Å². The molecule has 4 nitrogen and oxygen atoms in total. The zero-order valence-electron chi connectivity index (χ0n) is 9.73. The quantitative estimate of drug-likeness (QED) is 0.658. The summed E-state index contributed by atoms with van der Waals surface area (Å²) in [5.74, 6) is 1.27. The molecule has 2 aromatic heterocycles. The SMILES string of the molecule is CSc1nc(N)cc(NCc2sccc2C)n1. The van der Waals surface area contributed by atoms with Crippen molar-refractivity contribution in [3.8, 4) is 0 Å². The minimum Gasteiger partial charge on any atom is -0.383 e. The lowest BCUT2D eigenvalue weighted by Gasteiger charge is -2.06. The Bertz CT molecular complexity index is 510. The fraction of sp³-hybridized carbons (Fsp3) is 0.273. The average molecular weight is 266 g/mol. The summed E-state index contributed by atoms with van der Waals surface area (Å²) in [6.45, 7) is 2.88. The molecule has 0 fully saturated rings. The Morgan fingerprint density at radius 3 is 2.94 bits per heavy atom. The lowest BCUT2D eigenvalue weighted by atomic mass is 10.3. The first-order chi connectivity index (χ1) is 8.19. The zero-order chi connectivity index (χ0) is 12.3. The number of nitrogens with zero attached hydrogens (tertiary/aromatic N) is 2. The molecule has 0 unspecified atom stereocenters. The molecule has 90 valence electrons. The highest BCUT2D eigenvalue weighted by Crippen LogP contribution is 2.19. The van der Waals surface area contributed by atoms with Gasteiger partial charge in [0, 0.05) is 10.9 Å². The Balaban J connectivity index is 2.09. The Morgan fingerprint density at radius 1 is 1.47 bits per heavy atom. The van der Waals surface area contributed by atoms with Crippen LogP contribution in [0.2, 0.25) is 0 Å². The highest BCUT2D eigenvalue weighted by Gasteiger charge is 2.03. The van der Waals surface area contributed by atoms with Gasteiger partial charge in [-0.3, -0.25) is 0 Å². The second kappa shape index (κ2) is 5.37. The Hall–Kier alpha value is -1.27. The molecule has 2 rings (SSSR count). The van der Waals surface area contributed by atoms with E-state index < -0.39 is 0 Å². The summed E-state index contributed by atoms with van der Waals surface area (Å²) in [6.07, 6.45) is 1.93. The van der Waals surface area contributed by atoms with E-state index in [2.05, 4.69) is 33.7 Å². The largest absolute Gasteiger partial charge is 0.383 e. The molecule has 17 heavy (non-hydrogen) atoms. The maximum atomic E-state index is 5.71. The number of anilines is 2. The van der Waals surface area contributed by atoms with Crippen LogP contribution in [0.4, 0.5) is 11.6 Å². The summed E-state index contributed by atoms with van der Waals surface area (Å²) in [4.78, 5) is 9.77. The van der Waals surface area contributed by atoms with Crippen molar-refractivity contribution < 1.29 is 0 Å². The third kappa shape index (κ3) is 3.10. The average Bonchev–Trinajstić information content (AvgIpc) is 2.71. The van der Waals surface area contributed by atoms with Crippen molar-refractivity contribution in [1.82, 2.24) is 9.97 Å². The van der Waals surface area contributed by atoms with Crippen LogP contribution >= 0.6 is 23.1 Å².